The van der Waals surface area contributed by atoms with Crippen molar-refractivity contribution in [3.05, 3.63) is 125 Å². The van der Waals surface area contributed by atoms with E-state index < -0.39 is 10.0 Å². The maximum absolute atomic E-state index is 13.6. The number of hydrogen-bond acceptors (Lipinski definition) is 6. The second-order valence-corrected chi connectivity index (χ2v) is 12.4. The van der Waals surface area contributed by atoms with Crippen molar-refractivity contribution in [2.24, 2.45) is 0 Å². The molecule has 0 fully saturated rings. The SMILES string of the molecule is COc1ccc(CN(Cc2ccc3sc(C(=O)Nc4ccccc4N)cc3c2)S(=O)(=O)Cc2ccccc2)cc1. The number of nitrogen functional groups attached to an aromatic ring is 1. The zero-order chi connectivity index (χ0) is 28.1. The van der Waals surface area contributed by atoms with Gasteiger partial charge in [-0.15, -0.1) is 11.3 Å². The van der Waals surface area contributed by atoms with Gasteiger partial charge in [-0.3, -0.25) is 4.79 Å². The third kappa shape index (κ3) is 6.51. The van der Waals surface area contributed by atoms with E-state index in [1.54, 1.807) is 19.2 Å². The number of nitrogens with two attached hydrogens (primary N) is 1. The molecule has 0 atom stereocenters. The molecular formula is C31H29N3O4S2. The van der Waals surface area contributed by atoms with Crippen molar-refractivity contribution in [3.8, 4) is 5.75 Å². The summed E-state index contributed by atoms with van der Waals surface area (Å²) in [6, 6.07) is 31.3. The van der Waals surface area contributed by atoms with Gasteiger partial charge in [0, 0.05) is 17.8 Å². The minimum absolute atomic E-state index is 0.0996. The molecule has 4 aromatic carbocycles. The fraction of sp³-hybridized carbons (Fsp3) is 0.129. The molecule has 0 bridgehead atoms. The van der Waals surface area contributed by atoms with Crippen molar-refractivity contribution in [2.45, 2.75) is 18.8 Å². The molecule has 0 aliphatic rings. The number of benzene rings is 4. The number of nitrogens with one attached hydrogen (secondary N) is 1. The molecule has 0 unspecified atom stereocenters. The Morgan fingerprint density at radius 2 is 1.52 bits per heavy atom. The standard InChI is InChI=1S/C31H29N3O4S2/c1-38-26-14-11-22(12-15-26)19-34(40(36,37)21-23-7-3-2-4-8-23)20-24-13-16-29-25(17-24)18-30(39-29)31(35)33-28-10-6-5-9-27(28)32/h2-18H,19-21,32H2,1H3,(H,33,35). The molecule has 0 aliphatic carbocycles. The van der Waals surface area contributed by atoms with Crippen LogP contribution in [0.3, 0.4) is 0 Å². The molecule has 40 heavy (non-hydrogen) atoms. The van der Waals surface area contributed by atoms with Gasteiger partial charge in [-0.2, -0.15) is 4.31 Å². The topological polar surface area (TPSA) is 102 Å². The Bertz CT molecular complexity index is 1730. The summed E-state index contributed by atoms with van der Waals surface area (Å²) in [6.45, 7) is 0.405. The fourth-order valence-corrected chi connectivity index (χ4v) is 6.79. The molecule has 5 aromatic rings. The highest BCUT2D eigenvalue weighted by atomic mass is 32.2. The predicted molar refractivity (Wildman–Crippen MR) is 162 cm³/mol. The van der Waals surface area contributed by atoms with Crippen LogP contribution in [0.15, 0.2) is 103 Å². The summed E-state index contributed by atoms with van der Waals surface area (Å²) in [7, 11) is -2.06. The molecule has 0 radical (unpaired) electrons. The Morgan fingerprint density at radius 1 is 0.850 bits per heavy atom. The molecule has 0 aliphatic heterocycles. The maximum Gasteiger partial charge on any atom is 0.265 e. The highest BCUT2D eigenvalue weighted by molar-refractivity contribution is 7.88. The van der Waals surface area contributed by atoms with Crippen LogP contribution in [0, 0.1) is 0 Å². The monoisotopic (exact) mass is 571 g/mol. The summed E-state index contributed by atoms with van der Waals surface area (Å²) in [4.78, 5) is 13.4. The van der Waals surface area contributed by atoms with Gasteiger partial charge in [0.05, 0.1) is 29.1 Å². The van der Waals surface area contributed by atoms with Crippen LogP contribution >= 0.6 is 11.3 Å². The van der Waals surface area contributed by atoms with Gasteiger partial charge in [0.2, 0.25) is 10.0 Å². The summed E-state index contributed by atoms with van der Waals surface area (Å²) >= 11 is 1.37. The number of anilines is 2. The Hall–Kier alpha value is -4.18. The van der Waals surface area contributed by atoms with E-state index in [1.807, 2.05) is 91.0 Å². The zero-order valence-electron chi connectivity index (χ0n) is 21.9. The van der Waals surface area contributed by atoms with Gasteiger partial charge >= 0.3 is 0 Å². The van der Waals surface area contributed by atoms with Gasteiger partial charge < -0.3 is 15.8 Å². The van der Waals surface area contributed by atoms with Crippen molar-refractivity contribution in [1.29, 1.82) is 0 Å². The van der Waals surface area contributed by atoms with Crippen molar-refractivity contribution >= 4 is 48.7 Å². The van der Waals surface area contributed by atoms with E-state index in [9.17, 15) is 13.2 Å². The van der Waals surface area contributed by atoms with E-state index in [-0.39, 0.29) is 24.7 Å². The number of nitrogens with zero attached hydrogens (tertiary/aromatic N) is 1. The molecular weight excluding hydrogens is 542 g/mol. The van der Waals surface area contributed by atoms with E-state index in [0.29, 0.717) is 22.0 Å². The number of carbonyl (C=O) groups excluding carboxylic acids is 1. The Morgan fingerprint density at radius 3 is 2.25 bits per heavy atom. The quantitative estimate of drug-likeness (QED) is 0.192. The summed E-state index contributed by atoms with van der Waals surface area (Å²) in [5.41, 5.74) is 9.43. The normalized spacial score (nSPS) is 11.6. The largest absolute Gasteiger partial charge is 0.497 e. The predicted octanol–water partition coefficient (Wildman–Crippen LogP) is 6.28. The molecule has 9 heteroatoms. The van der Waals surface area contributed by atoms with Gasteiger partial charge in [-0.05, 0) is 64.5 Å². The molecule has 7 nitrogen and oxygen atoms in total. The number of sulfonamides is 1. The fourth-order valence-electron chi connectivity index (χ4n) is 4.36. The lowest BCUT2D eigenvalue weighted by atomic mass is 10.1. The molecule has 1 amide bonds. The van der Waals surface area contributed by atoms with Crippen LogP contribution in [0.4, 0.5) is 11.4 Å². The maximum atomic E-state index is 13.6. The lowest BCUT2D eigenvalue weighted by Crippen LogP contribution is -2.31. The Balaban J connectivity index is 1.40. The van der Waals surface area contributed by atoms with Crippen LogP contribution in [0.1, 0.15) is 26.4 Å². The van der Waals surface area contributed by atoms with Crippen LogP contribution in [0.5, 0.6) is 5.75 Å². The van der Waals surface area contributed by atoms with Crippen LogP contribution < -0.4 is 15.8 Å². The minimum atomic E-state index is -3.66. The number of para-hydroxylation sites is 2. The third-order valence-electron chi connectivity index (χ3n) is 6.48. The van der Waals surface area contributed by atoms with Crippen LogP contribution in [0.25, 0.3) is 10.1 Å². The molecule has 5 rings (SSSR count). The van der Waals surface area contributed by atoms with E-state index in [1.165, 1.54) is 15.6 Å². The summed E-state index contributed by atoms with van der Waals surface area (Å²) < 4.78 is 34.9. The first kappa shape index (κ1) is 27.4. The van der Waals surface area contributed by atoms with E-state index in [0.717, 1.165) is 26.8 Å². The van der Waals surface area contributed by atoms with E-state index in [4.69, 9.17) is 10.5 Å². The number of thiophene rings is 1. The number of amides is 1. The summed E-state index contributed by atoms with van der Waals surface area (Å²) in [5.74, 6) is 0.366. The number of ether oxygens (including phenoxy) is 1. The second kappa shape index (κ2) is 11.9. The first-order valence-corrected chi connectivity index (χ1v) is 15.1. The Labute approximate surface area is 237 Å². The van der Waals surface area contributed by atoms with Crippen LogP contribution in [0.2, 0.25) is 0 Å². The van der Waals surface area contributed by atoms with Gasteiger partial charge in [-0.1, -0.05) is 60.7 Å². The van der Waals surface area contributed by atoms with Crippen LogP contribution in [-0.4, -0.2) is 25.7 Å². The lowest BCUT2D eigenvalue weighted by molar-refractivity contribution is 0.103. The molecule has 3 N–H and O–H groups in total. The third-order valence-corrected chi connectivity index (χ3v) is 9.33. The van der Waals surface area contributed by atoms with Crippen molar-refractivity contribution in [3.63, 3.8) is 0 Å². The summed E-state index contributed by atoms with van der Waals surface area (Å²) in [5, 5.41) is 3.74. The lowest BCUT2D eigenvalue weighted by Gasteiger charge is -2.23. The van der Waals surface area contributed by atoms with Gasteiger partial charge in [-0.25, -0.2) is 8.42 Å². The van der Waals surface area contributed by atoms with Crippen molar-refractivity contribution in [2.75, 3.05) is 18.2 Å². The van der Waals surface area contributed by atoms with Gasteiger partial charge in [0.15, 0.2) is 0 Å². The van der Waals surface area contributed by atoms with Gasteiger partial charge in [0.25, 0.3) is 5.91 Å². The molecule has 204 valence electrons. The van der Waals surface area contributed by atoms with Gasteiger partial charge in [0.1, 0.15) is 5.75 Å². The second-order valence-electron chi connectivity index (χ2n) is 9.38. The average Bonchev–Trinajstić information content (AvgIpc) is 3.38. The molecule has 1 heterocycles. The number of carbonyl (C=O) groups is 1. The molecule has 0 saturated heterocycles. The molecule has 0 saturated carbocycles. The first-order chi connectivity index (χ1) is 19.3. The van der Waals surface area contributed by atoms with Crippen molar-refractivity contribution < 1.29 is 17.9 Å². The molecule has 0 spiro atoms. The Kier molecular flexibility index (Phi) is 8.16. The average molecular weight is 572 g/mol. The zero-order valence-corrected chi connectivity index (χ0v) is 23.5. The number of fused-ring (bicyclic) bond motifs is 1. The number of rotatable bonds is 10. The van der Waals surface area contributed by atoms with Crippen LogP contribution in [-0.2, 0) is 28.9 Å². The number of hydrogen-bond donors (Lipinski definition) is 2. The highest BCUT2D eigenvalue weighted by Crippen LogP contribution is 2.29. The van der Waals surface area contributed by atoms with Crippen molar-refractivity contribution in [1.82, 2.24) is 4.31 Å². The smallest absolute Gasteiger partial charge is 0.265 e. The highest BCUT2D eigenvalue weighted by Gasteiger charge is 2.24. The number of methoxy groups -OCH3 is 1. The minimum Gasteiger partial charge on any atom is -0.497 e. The summed E-state index contributed by atoms with van der Waals surface area (Å²) in [6.07, 6.45) is 0. The first-order valence-electron chi connectivity index (χ1n) is 12.6. The van der Waals surface area contributed by atoms with E-state index >= 15 is 0 Å². The molecule has 1 aromatic heterocycles. The van der Waals surface area contributed by atoms with E-state index in [2.05, 4.69) is 5.32 Å².